The van der Waals surface area contributed by atoms with Crippen LogP contribution in [0.15, 0.2) is 30.3 Å². The number of halogens is 5. The van der Waals surface area contributed by atoms with Crippen molar-refractivity contribution in [2.24, 2.45) is 0 Å². The molecule has 2 aromatic rings. The smallest absolute Gasteiger partial charge is 0.382 e. The van der Waals surface area contributed by atoms with E-state index in [4.69, 9.17) is 28.9 Å². The summed E-state index contributed by atoms with van der Waals surface area (Å²) in [4.78, 5) is 3.90. The van der Waals surface area contributed by atoms with Crippen LogP contribution in [0.25, 0.3) is 0 Å². The first-order valence-electron chi connectivity index (χ1n) is 5.79. The van der Waals surface area contributed by atoms with Crippen molar-refractivity contribution in [3.63, 3.8) is 0 Å². The van der Waals surface area contributed by atoms with Crippen LogP contribution in [-0.4, -0.2) is 4.98 Å². The molecule has 0 amide bonds. The second kappa shape index (κ2) is 5.99. The Kier molecular flexibility index (Phi) is 4.49. The van der Waals surface area contributed by atoms with E-state index in [1.807, 2.05) is 0 Å². The van der Waals surface area contributed by atoms with Gasteiger partial charge in [0.15, 0.2) is 0 Å². The molecular formula is C13H10Cl2F3N3. The third-order valence-corrected chi connectivity index (χ3v) is 3.32. The highest BCUT2D eigenvalue weighted by Gasteiger charge is 2.32. The molecule has 3 nitrogen and oxygen atoms in total. The van der Waals surface area contributed by atoms with E-state index < -0.39 is 11.7 Å². The van der Waals surface area contributed by atoms with E-state index in [1.165, 1.54) is 24.3 Å². The first kappa shape index (κ1) is 15.7. The number of pyridine rings is 1. The van der Waals surface area contributed by atoms with Gasteiger partial charge in [0.1, 0.15) is 11.6 Å². The van der Waals surface area contributed by atoms with Crippen LogP contribution in [0.2, 0.25) is 10.0 Å². The molecule has 2 rings (SSSR count). The monoisotopic (exact) mass is 335 g/mol. The van der Waals surface area contributed by atoms with Crippen LogP contribution in [0.1, 0.15) is 11.1 Å². The highest BCUT2D eigenvalue weighted by atomic mass is 35.5. The largest absolute Gasteiger partial charge is 0.416 e. The number of alkyl halides is 3. The molecule has 1 heterocycles. The number of hydrogen-bond donors (Lipinski definition) is 2. The van der Waals surface area contributed by atoms with Crippen LogP contribution in [0.4, 0.5) is 24.8 Å². The summed E-state index contributed by atoms with van der Waals surface area (Å²) in [5.74, 6) is 0.225. The van der Waals surface area contributed by atoms with Gasteiger partial charge in [-0.25, -0.2) is 4.98 Å². The van der Waals surface area contributed by atoms with Crippen molar-refractivity contribution in [3.8, 4) is 0 Å². The summed E-state index contributed by atoms with van der Waals surface area (Å²) in [6, 6.07) is 6.63. The summed E-state index contributed by atoms with van der Waals surface area (Å²) < 4.78 is 38.6. The van der Waals surface area contributed by atoms with Gasteiger partial charge in [0, 0.05) is 6.54 Å². The van der Waals surface area contributed by atoms with Crippen LogP contribution < -0.4 is 11.1 Å². The molecule has 0 spiro atoms. The molecule has 0 radical (unpaired) electrons. The molecule has 0 unspecified atom stereocenters. The fourth-order valence-electron chi connectivity index (χ4n) is 1.73. The van der Waals surface area contributed by atoms with Crippen LogP contribution in [-0.2, 0) is 12.7 Å². The predicted octanol–water partition coefficient (Wildman–Crippen LogP) is 4.60. The number of rotatable bonds is 3. The third kappa shape index (κ3) is 3.71. The standard InChI is InChI=1S/C13H10Cl2F3N3/c14-9-5-10(15)12(21-11(9)19)20-6-7-3-1-2-4-8(7)13(16,17)18/h1-5H,6H2,(H3,19,20,21). The van der Waals surface area contributed by atoms with Gasteiger partial charge in [-0.15, -0.1) is 0 Å². The first-order valence-corrected chi connectivity index (χ1v) is 6.55. The van der Waals surface area contributed by atoms with Gasteiger partial charge >= 0.3 is 6.18 Å². The zero-order valence-corrected chi connectivity index (χ0v) is 12.0. The van der Waals surface area contributed by atoms with Gasteiger partial charge in [-0.2, -0.15) is 13.2 Å². The maximum absolute atomic E-state index is 12.9. The van der Waals surface area contributed by atoms with E-state index in [-0.39, 0.29) is 33.8 Å². The minimum absolute atomic E-state index is 0.0488. The molecule has 8 heteroatoms. The zero-order valence-electron chi connectivity index (χ0n) is 10.5. The van der Waals surface area contributed by atoms with Crippen LogP contribution >= 0.6 is 23.2 Å². The average molecular weight is 336 g/mol. The maximum Gasteiger partial charge on any atom is 0.416 e. The SMILES string of the molecule is Nc1nc(NCc2ccccc2C(F)(F)F)c(Cl)cc1Cl. The molecule has 0 fully saturated rings. The molecular weight excluding hydrogens is 326 g/mol. The van der Waals surface area contributed by atoms with Crippen molar-refractivity contribution in [2.45, 2.75) is 12.7 Å². The summed E-state index contributed by atoms with van der Waals surface area (Å²) in [7, 11) is 0. The van der Waals surface area contributed by atoms with E-state index in [0.717, 1.165) is 6.07 Å². The average Bonchev–Trinajstić information content (AvgIpc) is 2.41. The number of benzene rings is 1. The lowest BCUT2D eigenvalue weighted by molar-refractivity contribution is -0.138. The van der Waals surface area contributed by atoms with Crippen molar-refractivity contribution in [1.82, 2.24) is 4.98 Å². The summed E-state index contributed by atoms with van der Waals surface area (Å²) in [5, 5.41) is 3.09. The third-order valence-electron chi connectivity index (χ3n) is 2.73. The van der Waals surface area contributed by atoms with Crippen molar-refractivity contribution in [3.05, 3.63) is 51.5 Å². The second-order valence-corrected chi connectivity index (χ2v) is 5.01. The molecule has 3 N–H and O–H groups in total. The van der Waals surface area contributed by atoms with Gasteiger partial charge in [0.05, 0.1) is 15.6 Å². The lowest BCUT2D eigenvalue weighted by Gasteiger charge is -2.14. The number of nitrogen functional groups attached to an aromatic ring is 1. The molecule has 21 heavy (non-hydrogen) atoms. The Morgan fingerprint density at radius 2 is 1.81 bits per heavy atom. The Hall–Kier alpha value is -1.66. The Morgan fingerprint density at radius 3 is 2.48 bits per heavy atom. The molecule has 0 bridgehead atoms. The normalized spacial score (nSPS) is 11.5. The van der Waals surface area contributed by atoms with Crippen LogP contribution in [0, 0.1) is 0 Å². The molecule has 0 saturated heterocycles. The van der Waals surface area contributed by atoms with E-state index >= 15 is 0 Å². The number of anilines is 2. The highest BCUT2D eigenvalue weighted by Crippen LogP contribution is 2.33. The van der Waals surface area contributed by atoms with Crippen molar-refractivity contribution in [1.29, 1.82) is 0 Å². The summed E-state index contributed by atoms with van der Waals surface area (Å²) in [6.07, 6.45) is -4.42. The van der Waals surface area contributed by atoms with Crippen molar-refractivity contribution in [2.75, 3.05) is 11.1 Å². The quantitative estimate of drug-likeness (QED) is 0.861. The molecule has 0 atom stereocenters. The molecule has 0 aliphatic carbocycles. The fourth-order valence-corrected chi connectivity index (χ4v) is 2.16. The minimum Gasteiger partial charge on any atom is -0.382 e. The Morgan fingerprint density at radius 1 is 1.14 bits per heavy atom. The Bertz CT molecular complexity index is 660. The van der Waals surface area contributed by atoms with E-state index in [1.54, 1.807) is 0 Å². The summed E-state index contributed by atoms with van der Waals surface area (Å²) in [6.45, 7) is -0.0938. The second-order valence-electron chi connectivity index (χ2n) is 4.19. The number of nitrogens with one attached hydrogen (secondary N) is 1. The van der Waals surface area contributed by atoms with E-state index in [2.05, 4.69) is 10.3 Å². The molecule has 1 aromatic heterocycles. The van der Waals surface area contributed by atoms with Gasteiger partial charge in [-0.05, 0) is 17.7 Å². The molecule has 0 aliphatic heterocycles. The maximum atomic E-state index is 12.9. The lowest BCUT2D eigenvalue weighted by atomic mass is 10.1. The number of nitrogens with two attached hydrogens (primary N) is 1. The summed E-state index contributed by atoms with van der Waals surface area (Å²) in [5.41, 5.74) is 4.90. The number of hydrogen-bond acceptors (Lipinski definition) is 3. The molecule has 1 aromatic carbocycles. The van der Waals surface area contributed by atoms with Gasteiger partial charge in [0.25, 0.3) is 0 Å². The Balaban J connectivity index is 2.23. The molecule has 0 saturated carbocycles. The number of aromatic nitrogens is 1. The zero-order chi connectivity index (χ0) is 15.6. The van der Waals surface area contributed by atoms with Crippen LogP contribution in [0.3, 0.4) is 0 Å². The van der Waals surface area contributed by atoms with E-state index in [9.17, 15) is 13.2 Å². The molecule has 0 aliphatic rings. The van der Waals surface area contributed by atoms with Gasteiger partial charge in [-0.3, -0.25) is 0 Å². The van der Waals surface area contributed by atoms with Crippen molar-refractivity contribution < 1.29 is 13.2 Å². The fraction of sp³-hybridized carbons (Fsp3) is 0.154. The van der Waals surface area contributed by atoms with Gasteiger partial charge < -0.3 is 11.1 Å². The predicted molar refractivity (Wildman–Crippen MR) is 77.4 cm³/mol. The Labute approximate surface area is 128 Å². The first-order chi connectivity index (χ1) is 9.79. The van der Waals surface area contributed by atoms with Crippen LogP contribution in [0.5, 0.6) is 0 Å². The van der Waals surface area contributed by atoms with Gasteiger partial charge in [-0.1, -0.05) is 41.4 Å². The lowest BCUT2D eigenvalue weighted by Crippen LogP contribution is -2.12. The minimum atomic E-state index is -4.42. The number of nitrogens with zero attached hydrogens (tertiary/aromatic N) is 1. The van der Waals surface area contributed by atoms with Gasteiger partial charge in [0.2, 0.25) is 0 Å². The van der Waals surface area contributed by atoms with Crippen molar-refractivity contribution >= 4 is 34.8 Å². The highest BCUT2D eigenvalue weighted by molar-refractivity contribution is 6.37. The molecule has 112 valence electrons. The summed E-state index contributed by atoms with van der Waals surface area (Å²) >= 11 is 11.6. The topological polar surface area (TPSA) is 50.9 Å². The van der Waals surface area contributed by atoms with E-state index in [0.29, 0.717) is 0 Å².